The van der Waals surface area contributed by atoms with E-state index in [4.69, 9.17) is 5.11 Å². The molecule has 0 spiro atoms. The van der Waals surface area contributed by atoms with Gasteiger partial charge in [0.1, 0.15) is 6.04 Å². The zero-order valence-electron chi connectivity index (χ0n) is 8.62. The van der Waals surface area contributed by atoms with Gasteiger partial charge in [-0.2, -0.15) is 13.2 Å². The summed E-state index contributed by atoms with van der Waals surface area (Å²) in [6.07, 6.45) is -5.30. The highest BCUT2D eigenvalue weighted by atomic mass is 79.9. The van der Waals surface area contributed by atoms with Crippen LogP contribution in [0.2, 0.25) is 0 Å². The van der Waals surface area contributed by atoms with Gasteiger partial charge in [0, 0.05) is 6.42 Å². The number of hydrogen-bond donors (Lipinski definition) is 2. The lowest BCUT2D eigenvalue weighted by atomic mass is 10.1. The van der Waals surface area contributed by atoms with Crippen molar-refractivity contribution in [1.82, 2.24) is 5.32 Å². The van der Waals surface area contributed by atoms with Crippen LogP contribution in [-0.4, -0.2) is 29.2 Å². The lowest BCUT2D eigenvalue weighted by Crippen LogP contribution is -2.47. The third kappa shape index (κ3) is 4.30. The van der Waals surface area contributed by atoms with E-state index >= 15 is 0 Å². The smallest absolute Gasteiger partial charge is 0.471 e. The minimum absolute atomic E-state index is 0.209. The van der Waals surface area contributed by atoms with Gasteiger partial charge in [-0.3, -0.25) is 4.79 Å². The number of carbonyl (C=O) groups excluding carboxylic acids is 1. The van der Waals surface area contributed by atoms with Crippen molar-refractivity contribution in [2.45, 2.75) is 18.6 Å². The molecule has 1 heterocycles. The Labute approximate surface area is 112 Å². The van der Waals surface area contributed by atoms with Crippen LogP contribution in [0, 0.1) is 0 Å². The fourth-order valence-corrected chi connectivity index (χ4v) is 2.35. The second-order valence-electron chi connectivity index (χ2n) is 3.33. The quantitative estimate of drug-likeness (QED) is 0.878. The van der Waals surface area contributed by atoms with Crippen molar-refractivity contribution in [3.8, 4) is 0 Å². The molecule has 0 aromatic carbocycles. The average molecular weight is 346 g/mol. The van der Waals surface area contributed by atoms with Crippen LogP contribution in [0.1, 0.15) is 5.56 Å². The van der Waals surface area contributed by atoms with E-state index in [9.17, 15) is 22.8 Å². The molecule has 18 heavy (non-hydrogen) atoms. The minimum Gasteiger partial charge on any atom is -0.480 e. The molecule has 1 rings (SSSR count). The molecule has 0 aliphatic heterocycles. The summed E-state index contributed by atoms with van der Waals surface area (Å²) in [5.74, 6) is -3.78. The SMILES string of the molecule is O=C(O)C(Cc1csc(Br)c1)NC(=O)C(F)(F)F. The molecule has 1 aromatic rings. The second-order valence-corrected chi connectivity index (χ2v) is 5.62. The zero-order valence-corrected chi connectivity index (χ0v) is 11.0. The molecule has 0 aliphatic rings. The molecule has 1 unspecified atom stereocenters. The summed E-state index contributed by atoms with van der Waals surface area (Å²) in [6.45, 7) is 0. The fourth-order valence-electron chi connectivity index (χ4n) is 1.13. The van der Waals surface area contributed by atoms with Gasteiger partial charge < -0.3 is 10.4 Å². The standard InChI is InChI=1S/C9H7BrF3NO3S/c10-6-2-4(3-18-6)1-5(7(15)16)14-8(17)9(11,12)13/h2-3,5H,1H2,(H,14,17)(H,15,16). The maximum atomic E-state index is 12.0. The molecule has 0 aliphatic carbocycles. The van der Waals surface area contributed by atoms with Gasteiger partial charge in [-0.05, 0) is 32.9 Å². The Hall–Kier alpha value is -1.09. The van der Waals surface area contributed by atoms with Crippen molar-refractivity contribution in [1.29, 1.82) is 0 Å². The summed E-state index contributed by atoms with van der Waals surface area (Å²) >= 11 is 4.42. The molecule has 1 aromatic heterocycles. The van der Waals surface area contributed by atoms with Gasteiger partial charge in [0.15, 0.2) is 0 Å². The average Bonchev–Trinajstić information content (AvgIpc) is 2.61. The lowest BCUT2D eigenvalue weighted by molar-refractivity contribution is -0.175. The van der Waals surface area contributed by atoms with Crippen LogP contribution in [0.4, 0.5) is 13.2 Å². The van der Waals surface area contributed by atoms with E-state index in [2.05, 4.69) is 15.9 Å². The molecule has 0 bridgehead atoms. The number of amides is 1. The predicted octanol–water partition coefficient (Wildman–Crippen LogP) is 2.18. The molecule has 0 radical (unpaired) electrons. The van der Waals surface area contributed by atoms with Crippen molar-refractivity contribution in [3.05, 3.63) is 20.8 Å². The van der Waals surface area contributed by atoms with Crippen LogP contribution in [-0.2, 0) is 16.0 Å². The minimum atomic E-state index is -5.09. The van der Waals surface area contributed by atoms with E-state index in [-0.39, 0.29) is 6.42 Å². The Balaban J connectivity index is 2.73. The molecular formula is C9H7BrF3NO3S. The summed E-state index contributed by atoms with van der Waals surface area (Å²) in [6, 6.07) is -0.0269. The summed E-state index contributed by atoms with van der Waals surface area (Å²) in [5, 5.41) is 11.8. The number of thiophene rings is 1. The van der Waals surface area contributed by atoms with E-state index in [1.807, 2.05) is 0 Å². The van der Waals surface area contributed by atoms with Gasteiger partial charge in [-0.15, -0.1) is 11.3 Å². The first-order chi connectivity index (χ1) is 8.20. The Morgan fingerprint density at radius 1 is 1.50 bits per heavy atom. The van der Waals surface area contributed by atoms with Crippen molar-refractivity contribution in [3.63, 3.8) is 0 Å². The van der Waals surface area contributed by atoms with E-state index in [0.717, 1.165) is 3.79 Å². The Morgan fingerprint density at radius 2 is 2.11 bits per heavy atom. The summed E-state index contributed by atoms with van der Waals surface area (Å²) in [5.41, 5.74) is 0.529. The fraction of sp³-hybridized carbons (Fsp3) is 0.333. The van der Waals surface area contributed by atoms with Gasteiger partial charge in [0.2, 0.25) is 0 Å². The summed E-state index contributed by atoms with van der Waals surface area (Å²) in [4.78, 5) is 21.5. The number of hydrogen-bond acceptors (Lipinski definition) is 3. The maximum Gasteiger partial charge on any atom is 0.471 e. The van der Waals surface area contributed by atoms with Crippen LogP contribution < -0.4 is 5.32 Å². The van der Waals surface area contributed by atoms with Crippen LogP contribution in [0.25, 0.3) is 0 Å². The number of carbonyl (C=O) groups is 2. The van der Waals surface area contributed by atoms with Crippen LogP contribution in [0.15, 0.2) is 15.2 Å². The maximum absolute atomic E-state index is 12.0. The number of carboxylic acids is 1. The number of aliphatic carboxylic acids is 1. The van der Waals surface area contributed by atoms with Crippen LogP contribution in [0.3, 0.4) is 0 Å². The van der Waals surface area contributed by atoms with E-state index in [1.165, 1.54) is 16.7 Å². The van der Waals surface area contributed by atoms with Crippen LogP contribution in [0.5, 0.6) is 0 Å². The third-order valence-electron chi connectivity index (χ3n) is 1.92. The van der Waals surface area contributed by atoms with Crippen molar-refractivity contribution in [2.24, 2.45) is 0 Å². The lowest BCUT2D eigenvalue weighted by Gasteiger charge is -2.14. The first-order valence-electron chi connectivity index (χ1n) is 4.53. The Morgan fingerprint density at radius 3 is 2.50 bits per heavy atom. The first kappa shape index (κ1) is 15.0. The van der Waals surface area contributed by atoms with E-state index < -0.39 is 24.1 Å². The Kier molecular flexibility index (Phi) is 4.74. The number of carboxylic acid groups (broad SMARTS) is 1. The van der Waals surface area contributed by atoms with Gasteiger partial charge in [-0.25, -0.2) is 4.79 Å². The molecule has 0 saturated heterocycles. The number of halogens is 4. The summed E-state index contributed by atoms with van der Waals surface area (Å²) in [7, 11) is 0. The van der Waals surface area contributed by atoms with Crippen molar-refractivity contribution < 1.29 is 27.9 Å². The molecule has 1 atom stereocenters. The number of rotatable bonds is 4. The molecule has 4 nitrogen and oxygen atoms in total. The topological polar surface area (TPSA) is 66.4 Å². The predicted molar refractivity (Wildman–Crippen MR) is 61.3 cm³/mol. The molecule has 100 valence electrons. The monoisotopic (exact) mass is 345 g/mol. The third-order valence-corrected chi connectivity index (χ3v) is 3.48. The zero-order chi connectivity index (χ0) is 13.9. The molecule has 9 heteroatoms. The highest BCUT2D eigenvalue weighted by Gasteiger charge is 2.40. The van der Waals surface area contributed by atoms with Crippen LogP contribution >= 0.6 is 27.3 Å². The van der Waals surface area contributed by atoms with Crippen molar-refractivity contribution >= 4 is 39.1 Å². The van der Waals surface area contributed by atoms with Gasteiger partial charge in [0.05, 0.1) is 3.79 Å². The summed E-state index contributed by atoms with van der Waals surface area (Å²) < 4.78 is 36.7. The van der Waals surface area contributed by atoms with E-state index in [1.54, 1.807) is 11.4 Å². The van der Waals surface area contributed by atoms with Crippen molar-refractivity contribution in [2.75, 3.05) is 0 Å². The first-order valence-corrected chi connectivity index (χ1v) is 6.21. The molecule has 2 N–H and O–H groups in total. The number of alkyl halides is 3. The molecular weight excluding hydrogens is 339 g/mol. The number of nitrogens with one attached hydrogen (secondary N) is 1. The Bertz CT molecular complexity index is 460. The van der Waals surface area contributed by atoms with E-state index in [0.29, 0.717) is 5.56 Å². The molecule has 0 fully saturated rings. The highest BCUT2D eigenvalue weighted by Crippen LogP contribution is 2.22. The van der Waals surface area contributed by atoms with Gasteiger partial charge in [-0.1, -0.05) is 0 Å². The normalized spacial score (nSPS) is 13.1. The largest absolute Gasteiger partial charge is 0.480 e. The highest BCUT2D eigenvalue weighted by molar-refractivity contribution is 9.11. The van der Waals surface area contributed by atoms with Gasteiger partial charge >= 0.3 is 18.1 Å². The molecule has 1 amide bonds. The van der Waals surface area contributed by atoms with Gasteiger partial charge in [0.25, 0.3) is 0 Å². The second kappa shape index (κ2) is 5.70. The molecule has 0 saturated carbocycles.